The van der Waals surface area contributed by atoms with Crippen molar-refractivity contribution in [3.63, 3.8) is 0 Å². The monoisotopic (exact) mass is 315 g/mol. The van der Waals surface area contributed by atoms with E-state index in [1.165, 1.54) is 4.88 Å². The Morgan fingerprint density at radius 1 is 1.30 bits per heavy atom. The Morgan fingerprint density at radius 3 is 2.70 bits per heavy atom. The lowest BCUT2D eigenvalue weighted by molar-refractivity contribution is 0.165. The number of likely N-dealkylation sites (tertiary alicyclic amines) is 1. The Bertz CT molecular complexity index is 522. The second-order valence-corrected chi connectivity index (χ2v) is 8.54. The first kappa shape index (κ1) is 14.4. The van der Waals surface area contributed by atoms with Gasteiger partial charge in [-0.05, 0) is 56.4 Å². The molecule has 0 spiro atoms. The summed E-state index contributed by atoms with van der Waals surface area (Å²) in [5, 5.41) is 0. The first-order valence-electron chi connectivity index (χ1n) is 7.26. The van der Waals surface area contributed by atoms with Crippen molar-refractivity contribution in [2.24, 2.45) is 0 Å². The molecule has 0 N–H and O–H groups in total. The fourth-order valence-electron chi connectivity index (χ4n) is 3.14. The molecule has 1 aromatic heterocycles. The van der Waals surface area contributed by atoms with Crippen LogP contribution in [-0.4, -0.2) is 60.0 Å². The number of hydrogen-bond acceptors (Lipinski definition) is 5. The van der Waals surface area contributed by atoms with Crippen LogP contribution in [0.2, 0.25) is 0 Å². The van der Waals surface area contributed by atoms with Gasteiger partial charge >= 0.3 is 0 Å². The minimum absolute atomic E-state index is 0.238. The summed E-state index contributed by atoms with van der Waals surface area (Å²) >= 11 is 1.57. The molecule has 0 amide bonds. The Hall–Kier alpha value is -0.500. The van der Waals surface area contributed by atoms with Crippen molar-refractivity contribution in [1.29, 1.82) is 0 Å². The molecule has 0 radical (unpaired) electrons. The van der Waals surface area contributed by atoms with Gasteiger partial charge in [0.25, 0.3) is 0 Å². The van der Waals surface area contributed by atoms with E-state index < -0.39 is 10.0 Å². The molecule has 2 aliphatic rings. The van der Waals surface area contributed by atoms with Crippen molar-refractivity contribution in [2.75, 3.05) is 31.9 Å². The maximum Gasteiger partial charge on any atom is 0.214 e. The quantitative estimate of drug-likeness (QED) is 0.837. The highest BCUT2D eigenvalue weighted by Gasteiger charge is 2.35. The van der Waals surface area contributed by atoms with Crippen molar-refractivity contribution in [3.8, 4) is 0 Å². The summed E-state index contributed by atoms with van der Waals surface area (Å²) in [6.07, 6.45) is 5.65. The van der Waals surface area contributed by atoms with Crippen LogP contribution >= 0.6 is 11.5 Å². The molecule has 1 aromatic rings. The van der Waals surface area contributed by atoms with Gasteiger partial charge in [0.05, 0.1) is 5.75 Å². The van der Waals surface area contributed by atoms with E-state index >= 15 is 0 Å². The van der Waals surface area contributed by atoms with Gasteiger partial charge in [-0.2, -0.15) is 4.31 Å². The lowest BCUT2D eigenvalue weighted by Crippen LogP contribution is -2.45. The maximum atomic E-state index is 11.9. The van der Waals surface area contributed by atoms with Crippen molar-refractivity contribution in [1.82, 2.24) is 13.6 Å². The lowest BCUT2D eigenvalue weighted by Gasteiger charge is -2.35. The zero-order valence-electron chi connectivity index (χ0n) is 11.6. The molecule has 0 aliphatic carbocycles. The predicted molar refractivity (Wildman–Crippen MR) is 80.4 cm³/mol. The smallest absolute Gasteiger partial charge is 0.214 e. The predicted octanol–water partition coefficient (Wildman–Crippen LogP) is 1.19. The van der Waals surface area contributed by atoms with E-state index in [2.05, 4.69) is 15.3 Å². The molecular formula is C13H21N3O2S2. The maximum absolute atomic E-state index is 11.9. The molecule has 0 atom stereocenters. The lowest BCUT2D eigenvalue weighted by atomic mass is 10.0. The van der Waals surface area contributed by atoms with Gasteiger partial charge in [-0.1, -0.05) is 0 Å². The molecule has 0 saturated carbocycles. The zero-order chi connectivity index (χ0) is 14.0. The summed E-state index contributed by atoms with van der Waals surface area (Å²) in [5.41, 5.74) is 0. The van der Waals surface area contributed by atoms with Gasteiger partial charge in [0.15, 0.2) is 0 Å². The van der Waals surface area contributed by atoms with E-state index in [-0.39, 0.29) is 6.04 Å². The summed E-state index contributed by atoms with van der Waals surface area (Å²) in [4.78, 5) is 3.77. The Morgan fingerprint density at radius 2 is 2.10 bits per heavy atom. The van der Waals surface area contributed by atoms with Crippen LogP contribution in [0.15, 0.2) is 12.3 Å². The number of aromatic nitrogens is 1. The summed E-state index contributed by atoms with van der Waals surface area (Å²) < 4.78 is 29.7. The van der Waals surface area contributed by atoms with E-state index in [9.17, 15) is 8.42 Å². The molecular weight excluding hydrogens is 294 g/mol. The van der Waals surface area contributed by atoms with E-state index in [1.54, 1.807) is 15.8 Å². The second kappa shape index (κ2) is 6.09. The molecule has 2 saturated heterocycles. The average molecular weight is 315 g/mol. The van der Waals surface area contributed by atoms with Crippen LogP contribution in [0.3, 0.4) is 0 Å². The van der Waals surface area contributed by atoms with Gasteiger partial charge in [0.1, 0.15) is 0 Å². The molecule has 7 heteroatoms. The highest BCUT2D eigenvalue weighted by molar-refractivity contribution is 7.89. The van der Waals surface area contributed by atoms with Gasteiger partial charge in [0, 0.05) is 30.2 Å². The van der Waals surface area contributed by atoms with Crippen molar-refractivity contribution < 1.29 is 8.42 Å². The van der Waals surface area contributed by atoms with Gasteiger partial charge in [0.2, 0.25) is 10.0 Å². The third-order valence-electron chi connectivity index (χ3n) is 4.27. The topological polar surface area (TPSA) is 53.5 Å². The molecule has 112 valence electrons. The third kappa shape index (κ3) is 3.21. The van der Waals surface area contributed by atoms with Crippen LogP contribution < -0.4 is 0 Å². The highest BCUT2D eigenvalue weighted by Crippen LogP contribution is 2.24. The number of hydrogen-bond donors (Lipinski definition) is 0. The van der Waals surface area contributed by atoms with Crippen LogP contribution in [0.5, 0.6) is 0 Å². The van der Waals surface area contributed by atoms with Crippen LogP contribution in [0.4, 0.5) is 0 Å². The van der Waals surface area contributed by atoms with E-state index in [1.807, 2.05) is 6.20 Å². The second-order valence-electron chi connectivity index (χ2n) is 5.58. The molecule has 2 fully saturated rings. The van der Waals surface area contributed by atoms with E-state index in [0.717, 1.165) is 51.9 Å². The summed E-state index contributed by atoms with van der Waals surface area (Å²) in [6.45, 7) is 3.81. The fraction of sp³-hybridized carbons (Fsp3) is 0.769. The molecule has 20 heavy (non-hydrogen) atoms. The summed E-state index contributed by atoms with van der Waals surface area (Å²) in [7, 11) is -2.94. The zero-order valence-corrected chi connectivity index (χ0v) is 13.2. The van der Waals surface area contributed by atoms with Crippen LogP contribution in [0, 0.1) is 0 Å². The standard InChI is InChI=1S/C13H21N3O2S2/c17-20(18)11-1-7-16(20)12-3-8-15(9-4-12)10-5-13-2-6-14-19-13/h2,6,12H,1,3-5,7-11H2. The van der Waals surface area contributed by atoms with Gasteiger partial charge in [-0.15, -0.1) is 0 Å². The van der Waals surface area contributed by atoms with Crippen molar-refractivity contribution in [2.45, 2.75) is 31.7 Å². The molecule has 0 unspecified atom stereocenters. The molecule has 2 aliphatic heterocycles. The largest absolute Gasteiger partial charge is 0.303 e. The van der Waals surface area contributed by atoms with Crippen LogP contribution in [-0.2, 0) is 16.4 Å². The van der Waals surface area contributed by atoms with Crippen LogP contribution in [0.25, 0.3) is 0 Å². The SMILES string of the molecule is O=S1(=O)CCCN1C1CCN(CCc2ccns2)CC1. The van der Waals surface area contributed by atoms with E-state index in [4.69, 9.17) is 0 Å². The minimum atomic E-state index is -2.94. The van der Waals surface area contributed by atoms with Crippen LogP contribution in [0.1, 0.15) is 24.1 Å². The molecule has 3 rings (SSSR count). The number of piperidine rings is 1. The van der Waals surface area contributed by atoms with E-state index in [0.29, 0.717) is 5.75 Å². The Kier molecular flexibility index (Phi) is 4.40. The number of sulfonamides is 1. The molecule has 3 heterocycles. The Labute approximate surface area is 124 Å². The van der Waals surface area contributed by atoms with Crippen molar-refractivity contribution >= 4 is 21.6 Å². The molecule has 0 aromatic carbocycles. The fourth-order valence-corrected chi connectivity index (χ4v) is 5.50. The van der Waals surface area contributed by atoms with Gasteiger partial charge in [-0.25, -0.2) is 12.8 Å². The van der Waals surface area contributed by atoms with Gasteiger partial charge < -0.3 is 4.90 Å². The minimum Gasteiger partial charge on any atom is -0.303 e. The number of nitrogens with zero attached hydrogens (tertiary/aromatic N) is 3. The first-order valence-corrected chi connectivity index (χ1v) is 9.65. The normalized spacial score (nSPS) is 25.2. The van der Waals surface area contributed by atoms with Gasteiger partial charge in [-0.3, -0.25) is 0 Å². The first-order chi connectivity index (χ1) is 9.65. The summed E-state index contributed by atoms with van der Waals surface area (Å²) in [6, 6.07) is 2.32. The molecule has 0 bridgehead atoms. The highest BCUT2D eigenvalue weighted by atomic mass is 32.2. The molecule has 5 nitrogen and oxygen atoms in total. The summed E-state index contributed by atoms with van der Waals surface area (Å²) in [5.74, 6) is 0.346. The van der Waals surface area contributed by atoms with Crippen molar-refractivity contribution in [3.05, 3.63) is 17.1 Å². The number of rotatable bonds is 4. The average Bonchev–Trinajstić information content (AvgIpc) is 3.06. The third-order valence-corrected chi connectivity index (χ3v) is 7.07. The Balaban J connectivity index is 1.47.